The Hall–Kier alpha value is -3.73. The van der Waals surface area contributed by atoms with Gasteiger partial charge in [0.05, 0.1) is 21.7 Å². The number of ether oxygens (including phenoxy) is 1. The minimum Gasteiger partial charge on any atom is -0.492 e. The van der Waals surface area contributed by atoms with Crippen molar-refractivity contribution in [2.45, 2.75) is 11.3 Å². The molecule has 0 heterocycles. The molecule has 10 heteroatoms. The molecule has 1 amide bonds. The van der Waals surface area contributed by atoms with Crippen molar-refractivity contribution in [3.05, 3.63) is 119 Å². The lowest BCUT2D eigenvalue weighted by Crippen LogP contribution is -2.34. The van der Waals surface area contributed by atoms with Gasteiger partial charge in [0.1, 0.15) is 5.75 Å². The van der Waals surface area contributed by atoms with Crippen LogP contribution >= 0.6 is 28.1 Å². The molecule has 0 unspecified atom stereocenters. The molecule has 0 saturated carbocycles. The first-order valence-electron chi connectivity index (χ1n) is 12.0. The number of benzene rings is 4. The number of halogens is 1. The normalized spacial score (nSPS) is 10.9. The third kappa shape index (κ3) is 7.44. The molecule has 0 aromatic heterocycles. The van der Waals surface area contributed by atoms with E-state index in [-0.39, 0.29) is 10.0 Å². The summed E-state index contributed by atoms with van der Waals surface area (Å²) in [5, 5.41) is 5.62. The maximum Gasteiger partial charge on any atom is 0.264 e. The fraction of sp³-hybridized carbons (Fsp3) is 0.103. The van der Waals surface area contributed by atoms with Gasteiger partial charge in [0.25, 0.3) is 15.9 Å². The van der Waals surface area contributed by atoms with E-state index in [0.717, 1.165) is 6.42 Å². The molecule has 0 radical (unpaired) electrons. The monoisotopic (exact) mass is 623 g/mol. The highest BCUT2D eigenvalue weighted by Crippen LogP contribution is 2.26. The highest BCUT2D eigenvalue weighted by molar-refractivity contribution is 9.10. The predicted molar refractivity (Wildman–Crippen MR) is 162 cm³/mol. The zero-order valence-corrected chi connectivity index (χ0v) is 24.2. The first kappa shape index (κ1) is 28.3. The second-order valence-corrected chi connectivity index (χ2v) is 11.7. The molecule has 0 bridgehead atoms. The summed E-state index contributed by atoms with van der Waals surface area (Å²) in [6.45, 7) is 0.505. The molecule has 2 N–H and O–H groups in total. The summed E-state index contributed by atoms with van der Waals surface area (Å²) in [5.41, 5.74) is 2.67. The van der Waals surface area contributed by atoms with Crippen LogP contribution in [0.3, 0.4) is 0 Å². The van der Waals surface area contributed by atoms with Crippen molar-refractivity contribution in [2.75, 3.05) is 23.3 Å². The van der Waals surface area contributed by atoms with E-state index in [2.05, 4.69) is 26.6 Å². The third-order valence-corrected chi connectivity index (χ3v) is 8.43. The van der Waals surface area contributed by atoms with Crippen LogP contribution in [0.1, 0.15) is 15.9 Å². The van der Waals surface area contributed by atoms with E-state index in [4.69, 9.17) is 17.0 Å². The fourth-order valence-corrected chi connectivity index (χ4v) is 5.56. The summed E-state index contributed by atoms with van der Waals surface area (Å²) in [6, 6.07) is 30.0. The van der Waals surface area contributed by atoms with Crippen LogP contribution in [0, 0.1) is 0 Å². The maximum absolute atomic E-state index is 13.0. The van der Waals surface area contributed by atoms with Crippen LogP contribution in [0.2, 0.25) is 0 Å². The number of carbonyl (C=O) groups excluding carboxylic acids is 1. The van der Waals surface area contributed by atoms with Gasteiger partial charge in [-0.1, -0.05) is 48.5 Å². The second-order valence-electron chi connectivity index (χ2n) is 8.47. The number of thiocarbonyl (C=S) groups is 1. The van der Waals surface area contributed by atoms with Gasteiger partial charge in [0.15, 0.2) is 5.11 Å². The Morgan fingerprint density at radius 2 is 1.56 bits per heavy atom. The quantitative estimate of drug-likeness (QED) is 0.222. The van der Waals surface area contributed by atoms with E-state index in [1.54, 1.807) is 54.6 Å². The van der Waals surface area contributed by atoms with Crippen LogP contribution in [0.4, 0.5) is 11.4 Å². The zero-order valence-electron chi connectivity index (χ0n) is 21.0. The van der Waals surface area contributed by atoms with Gasteiger partial charge >= 0.3 is 0 Å². The van der Waals surface area contributed by atoms with Crippen molar-refractivity contribution in [1.82, 2.24) is 5.32 Å². The predicted octanol–water partition coefficient (Wildman–Crippen LogP) is 6.02. The molecule has 0 atom stereocenters. The summed E-state index contributed by atoms with van der Waals surface area (Å²) >= 11 is 8.74. The highest BCUT2D eigenvalue weighted by atomic mass is 79.9. The van der Waals surface area contributed by atoms with E-state index < -0.39 is 15.9 Å². The molecule has 4 rings (SSSR count). The van der Waals surface area contributed by atoms with Gasteiger partial charge in [-0.2, -0.15) is 0 Å². The van der Waals surface area contributed by atoms with E-state index in [1.807, 2.05) is 36.4 Å². The maximum atomic E-state index is 13.0. The highest BCUT2D eigenvalue weighted by Gasteiger charge is 2.21. The molecular weight excluding hydrogens is 598 g/mol. The number of nitrogens with zero attached hydrogens (tertiary/aromatic N) is 1. The van der Waals surface area contributed by atoms with Gasteiger partial charge in [0.2, 0.25) is 0 Å². The average Bonchev–Trinajstić information content (AvgIpc) is 2.94. The fourth-order valence-electron chi connectivity index (χ4n) is 3.67. The standard InChI is InChI=1S/C29H26BrN3O4S2/c1-33(24-10-6-3-7-11-24)39(35,36)25-15-13-23(14-16-25)31-29(38)32-28(34)22-12-17-27(26(30)20-22)37-19-18-21-8-4-2-5-9-21/h2-17,20H,18-19H2,1H3,(H2,31,32,34,38). The Kier molecular flexibility index (Phi) is 9.34. The Morgan fingerprint density at radius 1 is 0.923 bits per heavy atom. The molecule has 7 nitrogen and oxygen atoms in total. The van der Waals surface area contributed by atoms with Gasteiger partial charge in [-0.25, -0.2) is 8.42 Å². The van der Waals surface area contributed by atoms with Crippen molar-refractivity contribution in [3.8, 4) is 5.75 Å². The number of amides is 1. The van der Waals surface area contributed by atoms with E-state index in [1.165, 1.54) is 29.0 Å². The van der Waals surface area contributed by atoms with Crippen molar-refractivity contribution in [1.29, 1.82) is 0 Å². The SMILES string of the molecule is CN(c1ccccc1)S(=O)(=O)c1ccc(NC(=S)NC(=O)c2ccc(OCCc3ccccc3)c(Br)c2)cc1. The molecule has 0 aliphatic carbocycles. The Bertz CT molecular complexity index is 1550. The molecule has 0 fully saturated rings. The van der Waals surface area contributed by atoms with Crippen LogP contribution in [0.5, 0.6) is 5.75 Å². The number of anilines is 2. The van der Waals surface area contributed by atoms with Crippen LogP contribution in [-0.4, -0.2) is 33.1 Å². The number of hydrogen-bond donors (Lipinski definition) is 2. The summed E-state index contributed by atoms with van der Waals surface area (Å²) in [4.78, 5) is 12.8. The summed E-state index contributed by atoms with van der Waals surface area (Å²) in [7, 11) is -2.23. The molecule has 200 valence electrons. The van der Waals surface area contributed by atoms with E-state index in [0.29, 0.717) is 33.8 Å². The topological polar surface area (TPSA) is 87.7 Å². The Balaban J connectivity index is 1.31. The summed E-state index contributed by atoms with van der Waals surface area (Å²) < 4.78 is 33.6. The average molecular weight is 625 g/mol. The number of hydrogen-bond acceptors (Lipinski definition) is 5. The lowest BCUT2D eigenvalue weighted by atomic mass is 10.2. The first-order valence-corrected chi connectivity index (χ1v) is 14.6. The lowest BCUT2D eigenvalue weighted by Gasteiger charge is -2.19. The summed E-state index contributed by atoms with van der Waals surface area (Å²) in [5.74, 6) is 0.240. The Labute approximate surface area is 242 Å². The van der Waals surface area contributed by atoms with Gasteiger partial charge in [-0.05, 0) is 88.3 Å². The molecule has 0 spiro atoms. The van der Waals surface area contributed by atoms with Crippen molar-refractivity contribution < 1.29 is 17.9 Å². The van der Waals surface area contributed by atoms with Crippen molar-refractivity contribution >= 4 is 60.6 Å². The molecule has 0 aliphatic rings. The largest absolute Gasteiger partial charge is 0.492 e. The van der Waals surface area contributed by atoms with Crippen LogP contribution in [-0.2, 0) is 16.4 Å². The second kappa shape index (κ2) is 12.9. The molecule has 39 heavy (non-hydrogen) atoms. The minimum absolute atomic E-state index is 0.0799. The number of sulfonamides is 1. The molecule has 0 aliphatic heterocycles. The van der Waals surface area contributed by atoms with Crippen molar-refractivity contribution in [3.63, 3.8) is 0 Å². The van der Waals surface area contributed by atoms with Gasteiger partial charge in [0, 0.05) is 24.7 Å². The number of para-hydroxylation sites is 1. The summed E-state index contributed by atoms with van der Waals surface area (Å²) in [6.07, 6.45) is 0.770. The zero-order chi connectivity index (χ0) is 27.8. The molecule has 0 saturated heterocycles. The number of rotatable bonds is 9. The van der Waals surface area contributed by atoms with Gasteiger partial charge in [-0.3, -0.25) is 14.4 Å². The molecule has 4 aromatic carbocycles. The van der Waals surface area contributed by atoms with E-state index >= 15 is 0 Å². The lowest BCUT2D eigenvalue weighted by molar-refractivity contribution is 0.0977. The third-order valence-electron chi connectivity index (χ3n) is 5.80. The van der Waals surface area contributed by atoms with Crippen LogP contribution < -0.4 is 19.7 Å². The molecule has 4 aromatic rings. The Morgan fingerprint density at radius 3 is 2.21 bits per heavy atom. The van der Waals surface area contributed by atoms with Gasteiger partial charge < -0.3 is 10.1 Å². The number of nitrogens with one attached hydrogen (secondary N) is 2. The number of carbonyl (C=O) groups is 1. The van der Waals surface area contributed by atoms with Crippen LogP contribution in [0.25, 0.3) is 0 Å². The van der Waals surface area contributed by atoms with Crippen LogP contribution in [0.15, 0.2) is 112 Å². The smallest absolute Gasteiger partial charge is 0.264 e. The van der Waals surface area contributed by atoms with E-state index in [9.17, 15) is 13.2 Å². The first-order chi connectivity index (χ1) is 18.7. The minimum atomic E-state index is -3.73. The molecular formula is C29H26BrN3O4S2. The van der Waals surface area contributed by atoms with Gasteiger partial charge in [-0.15, -0.1) is 0 Å². The van der Waals surface area contributed by atoms with Crippen molar-refractivity contribution in [2.24, 2.45) is 0 Å².